The summed E-state index contributed by atoms with van der Waals surface area (Å²) < 4.78 is 41.0. The van der Waals surface area contributed by atoms with Crippen molar-refractivity contribution in [1.82, 2.24) is 4.98 Å². The fourth-order valence-electron chi connectivity index (χ4n) is 3.41. The van der Waals surface area contributed by atoms with E-state index in [9.17, 15) is 13.2 Å². The first-order chi connectivity index (χ1) is 11.0. The second-order valence-corrected chi connectivity index (χ2v) is 6.16. The third-order valence-electron chi connectivity index (χ3n) is 4.58. The van der Waals surface area contributed by atoms with Crippen molar-refractivity contribution < 1.29 is 13.2 Å². The van der Waals surface area contributed by atoms with Crippen molar-refractivity contribution in [3.63, 3.8) is 0 Å². The van der Waals surface area contributed by atoms with E-state index in [2.05, 4.69) is 4.98 Å². The molecule has 4 rings (SSSR count). The van der Waals surface area contributed by atoms with E-state index in [0.717, 1.165) is 30.0 Å². The Bertz CT molecular complexity index is 877. The minimum Gasteiger partial charge on any atom is -0.352 e. The molecule has 1 heterocycles. The molecule has 0 spiro atoms. The number of aromatic nitrogens is 1. The highest BCUT2D eigenvalue weighted by molar-refractivity contribution is 5.92. The van der Waals surface area contributed by atoms with Gasteiger partial charge < -0.3 is 10.7 Å². The lowest BCUT2D eigenvalue weighted by Gasteiger charge is -2.33. The Kier molecular flexibility index (Phi) is 3.20. The summed E-state index contributed by atoms with van der Waals surface area (Å²) in [6.45, 7) is 0. The maximum absolute atomic E-state index is 14.1. The van der Waals surface area contributed by atoms with Crippen LogP contribution in [-0.2, 0) is 0 Å². The van der Waals surface area contributed by atoms with Crippen LogP contribution in [0.2, 0.25) is 0 Å². The van der Waals surface area contributed by atoms with Gasteiger partial charge in [-0.1, -0.05) is 0 Å². The molecule has 0 bridgehead atoms. The zero-order chi connectivity index (χ0) is 16.1. The van der Waals surface area contributed by atoms with Gasteiger partial charge in [0.25, 0.3) is 0 Å². The Morgan fingerprint density at radius 2 is 1.65 bits per heavy atom. The smallest absolute Gasteiger partial charge is 0.150 e. The molecule has 1 aromatic heterocycles. The van der Waals surface area contributed by atoms with E-state index in [0.29, 0.717) is 11.1 Å². The molecule has 23 heavy (non-hydrogen) atoms. The maximum Gasteiger partial charge on any atom is 0.150 e. The van der Waals surface area contributed by atoms with Crippen LogP contribution in [-0.4, -0.2) is 11.0 Å². The van der Waals surface area contributed by atoms with Gasteiger partial charge in [0.1, 0.15) is 17.5 Å². The number of fused-ring (bicyclic) bond motifs is 1. The zero-order valence-corrected chi connectivity index (χ0v) is 12.2. The Hall–Kier alpha value is -2.27. The molecule has 0 atom stereocenters. The van der Waals surface area contributed by atoms with E-state index in [-0.39, 0.29) is 23.3 Å². The minimum absolute atomic E-state index is 0.115. The molecule has 5 heteroatoms. The summed E-state index contributed by atoms with van der Waals surface area (Å²) in [5.41, 5.74) is 8.48. The fourth-order valence-corrected chi connectivity index (χ4v) is 3.41. The van der Waals surface area contributed by atoms with Crippen LogP contribution in [0.4, 0.5) is 13.2 Å². The first kappa shape index (κ1) is 14.3. The van der Waals surface area contributed by atoms with Crippen LogP contribution in [0, 0.1) is 17.5 Å². The number of nitrogens with one attached hydrogen (secondary N) is 1. The molecule has 2 nitrogen and oxygen atoms in total. The summed E-state index contributed by atoms with van der Waals surface area (Å²) in [5, 5.41) is 0.540. The van der Waals surface area contributed by atoms with Crippen LogP contribution in [0.25, 0.3) is 22.2 Å². The molecular weight excluding hydrogens is 301 g/mol. The predicted molar refractivity (Wildman–Crippen MR) is 83.6 cm³/mol. The van der Waals surface area contributed by atoms with Gasteiger partial charge in [-0.3, -0.25) is 0 Å². The quantitative estimate of drug-likeness (QED) is 0.720. The second-order valence-electron chi connectivity index (χ2n) is 6.16. The van der Waals surface area contributed by atoms with Crippen molar-refractivity contribution in [1.29, 1.82) is 0 Å². The van der Waals surface area contributed by atoms with Crippen molar-refractivity contribution in [2.24, 2.45) is 5.73 Å². The topological polar surface area (TPSA) is 41.8 Å². The van der Waals surface area contributed by atoms with E-state index in [4.69, 9.17) is 5.73 Å². The molecule has 1 saturated carbocycles. The molecule has 0 aliphatic heterocycles. The number of halogens is 3. The second kappa shape index (κ2) is 5.13. The standard InChI is InChI=1S/C18H15F3N2/c19-11-3-1-9(2-4-11)17-16(10-5-13(22)6-10)14-7-12(20)8-15(21)18(14)23-17/h1-4,7-8,10,13,23H,5-6,22H2. The van der Waals surface area contributed by atoms with E-state index < -0.39 is 11.6 Å². The molecule has 1 fully saturated rings. The van der Waals surface area contributed by atoms with Crippen molar-refractivity contribution in [2.75, 3.05) is 0 Å². The molecule has 118 valence electrons. The van der Waals surface area contributed by atoms with Crippen molar-refractivity contribution in [3.8, 4) is 11.3 Å². The molecule has 1 aliphatic rings. The number of benzene rings is 2. The summed E-state index contributed by atoms with van der Waals surface area (Å²) >= 11 is 0. The number of rotatable bonds is 2. The lowest BCUT2D eigenvalue weighted by molar-refractivity contribution is 0.354. The number of hydrogen-bond acceptors (Lipinski definition) is 1. The van der Waals surface area contributed by atoms with Gasteiger partial charge >= 0.3 is 0 Å². The van der Waals surface area contributed by atoms with Gasteiger partial charge in [0, 0.05) is 17.5 Å². The van der Waals surface area contributed by atoms with Gasteiger partial charge in [-0.25, -0.2) is 13.2 Å². The molecule has 0 saturated heterocycles. The maximum atomic E-state index is 14.1. The number of hydrogen-bond donors (Lipinski definition) is 2. The lowest BCUT2D eigenvalue weighted by atomic mass is 9.75. The van der Waals surface area contributed by atoms with Gasteiger partial charge in [-0.15, -0.1) is 0 Å². The van der Waals surface area contributed by atoms with E-state index in [1.807, 2.05) is 0 Å². The Morgan fingerprint density at radius 1 is 0.957 bits per heavy atom. The summed E-state index contributed by atoms with van der Waals surface area (Å²) in [4.78, 5) is 3.05. The molecule has 3 N–H and O–H groups in total. The molecule has 3 aromatic rings. The molecular formula is C18H15F3N2. The summed E-state index contributed by atoms with van der Waals surface area (Å²) in [5.74, 6) is -1.42. The molecule has 0 amide bonds. The van der Waals surface area contributed by atoms with Gasteiger partial charge in [-0.05, 0) is 60.2 Å². The first-order valence-corrected chi connectivity index (χ1v) is 7.55. The third kappa shape index (κ3) is 2.32. The Morgan fingerprint density at radius 3 is 2.30 bits per heavy atom. The van der Waals surface area contributed by atoms with Gasteiger partial charge in [0.15, 0.2) is 0 Å². The first-order valence-electron chi connectivity index (χ1n) is 7.55. The normalized spacial score (nSPS) is 20.7. The highest BCUT2D eigenvalue weighted by Crippen LogP contribution is 2.45. The Labute approximate surface area is 131 Å². The third-order valence-corrected chi connectivity index (χ3v) is 4.58. The predicted octanol–water partition coefficient (Wildman–Crippen LogP) is 4.46. The van der Waals surface area contributed by atoms with Crippen molar-refractivity contribution >= 4 is 10.9 Å². The van der Waals surface area contributed by atoms with Crippen LogP contribution >= 0.6 is 0 Å². The van der Waals surface area contributed by atoms with Gasteiger partial charge in [0.2, 0.25) is 0 Å². The molecule has 0 radical (unpaired) electrons. The number of nitrogens with two attached hydrogens (primary N) is 1. The van der Waals surface area contributed by atoms with Crippen LogP contribution in [0.3, 0.4) is 0 Å². The van der Waals surface area contributed by atoms with Gasteiger partial charge in [0.05, 0.1) is 11.2 Å². The average Bonchev–Trinajstić information content (AvgIpc) is 2.84. The fraction of sp³-hybridized carbons (Fsp3) is 0.222. The SMILES string of the molecule is NC1CC(c2c(-c3ccc(F)cc3)[nH]c3c(F)cc(F)cc23)C1. The van der Waals surface area contributed by atoms with E-state index >= 15 is 0 Å². The molecule has 1 aliphatic carbocycles. The lowest BCUT2D eigenvalue weighted by Crippen LogP contribution is -2.34. The highest BCUT2D eigenvalue weighted by Gasteiger charge is 2.32. The summed E-state index contributed by atoms with van der Waals surface area (Å²) in [7, 11) is 0. The van der Waals surface area contributed by atoms with Crippen LogP contribution in [0.15, 0.2) is 36.4 Å². The Balaban J connectivity index is 1.97. The van der Waals surface area contributed by atoms with Crippen molar-refractivity contribution in [3.05, 3.63) is 59.4 Å². The molecule has 2 aromatic carbocycles. The van der Waals surface area contributed by atoms with Crippen molar-refractivity contribution in [2.45, 2.75) is 24.8 Å². The van der Waals surface area contributed by atoms with Crippen LogP contribution in [0.5, 0.6) is 0 Å². The van der Waals surface area contributed by atoms with Crippen LogP contribution < -0.4 is 5.73 Å². The number of aromatic amines is 1. The molecule has 0 unspecified atom stereocenters. The highest BCUT2D eigenvalue weighted by atomic mass is 19.1. The largest absolute Gasteiger partial charge is 0.352 e. The van der Waals surface area contributed by atoms with E-state index in [1.165, 1.54) is 18.2 Å². The van der Waals surface area contributed by atoms with E-state index in [1.54, 1.807) is 12.1 Å². The average molecular weight is 316 g/mol. The van der Waals surface area contributed by atoms with Crippen LogP contribution in [0.1, 0.15) is 24.3 Å². The van der Waals surface area contributed by atoms with Gasteiger partial charge in [-0.2, -0.15) is 0 Å². The zero-order valence-electron chi connectivity index (χ0n) is 12.2. The monoisotopic (exact) mass is 316 g/mol. The summed E-state index contributed by atoms with van der Waals surface area (Å²) in [6, 6.07) is 8.31. The number of H-pyrrole nitrogens is 1. The minimum atomic E-state index is -0.627. The summed E-state index contributed by atoms with van der Waals surface area (Å²) in [6.07, 6.45) is 1.55.